The number of anilines is 2. The molecule has 3 rings (SSSR count). The van der Waals surface area contributed by atoms with Gasteiger partial charge in [0.2, 0.25) is 16.9 Å². The number of hydrogen-bond donors (Lipinski definition) is 1. The zero-order valence-corrected chi connectivity index (χ0v) is 15.5. The lowest BCUT2D eigenvalue weighted by Gasteiger charge is -2.34. The number of piperazine rings is 1. The number of aromatic nitrogens is 2. The van der Waals surface area contributed by atoms with Gasteiger partial charge in [-0.05, 0) is 12.1 Å². The summed E-state index contributed by atoms with van der Waals surface area (Å²) >= 11 is 2.82. The predicted molar refractivity (Wildman–Crippen MR) is 99.2 cm³/mol. The third kappa shape index (κ3) is 4.93. The molecule has 0 unspecified atom stereocenters. The SMILES string of the molecule is CC(=O)N1CCN(C(=O)CSc2nnc(Nc3ccccc3)s2)CC1. The van der Waals surface area contributed by atoms with Crippen LogP contribution in [0.1, 0.15) is 6.92 Å². The number of thioether (sulfide) groups is 1. The largest absolute Gasteiger partial charge is 0.339 e. The summed E-state index contributed by atoms with van der Waals surface area (Å²) in [6, 6.07) is 9.76. The predicted octanol–water partition coefficient (Wildman–Crippen LogP) is 2.06. The highest BCUT2D eigenvalue weighted by Crippen LogP contribution is 2.27. The van der Waals surface area contributed by atoms with E-state index in [1.54, 1.807) is 16.7 Å². The van der Waals surface area contributed by atoms with E-state index in [1.165, 1.54) is 23.1 Å². The molecule has 0 spiro atoms. The Labute approximate surface area is 154 Å². The topological polar surface area (TPSA) is 78.4 Å². The van der Waals surface area contributed by atoms with E-state index >= 15 is 0 Å². The van der Waals surface area contributed by atoms with Gasteiger partial charge in [0.15, 0.2) is 4.34 Å². The van der Waals surface area contributed by atoms with E-state index in [9.17, 15) is 9.59 Å². The first kappa shape index (κ1) is 17.7. The molecule has 132 valence electrons. The standard InChI is InChI=1S/C16H19N5O2S2/c1-12(22)20-7-9-21(10-8-20)14(23)11-24-16-19-18-15(25-16)17-13-5-3-2-4-6-13/h2-6H,7-11H2,1H3,(H,17,18). The fraction of sp³-hybridized carbons (Fsp3) is 0.375. The van der Waals surface area contributed by atoms with E-state index in [0.717, 1.165) is 10.0 Å². The molecule has 25 heavy (non-hydrogen) atoms. The Morgan fingerprint density at radius 2 is 1.80 bits per heavy atom. The van der Waals surface area contributed by atoms with Crippen LogP contribution in [0.3, 0.4) is 0 Å². The summed E-state index contributed by atoms with van der Waals surface area (Å²) in [6.45, 7) is 3.96. The fourth-order valence-corrected chi connectivity index (χ4v) is 4.12. The van der Waals surface area contributed by atoms with Gasteiger partial charge in [0.05, 0.1) is 5.75 Å². The number of benzene rings is 1. The highest BCUT2D eigenvalue weighted by molar-refractivity contribution is 8.01. The van der Waals surface area contributed by atoms with Crippen LogP contribution in [0.15, 0.2) is 34.7 Å². The molecule has 1 fully saturated rings. The maximum atomic E-state index is 12.3. The molecular weight excluding hydrogens is 358 g/mol. The van der Waals surface area contributed by atoms with E-state index in [4.69, 9.17) is 0 Å². The monoisotopic (exact) mass is 377 g/mol. The highest BCUT2D eigenvalue weighted by atomic mass is 32.2. The number of amides is 2. The molecular formula is C16H19N5O2S2. The van der Waals surface area contributed by atoms with Crippen molar-refractivity contribution in [2.24, 2.45) is 0 Å². The summed E-state index contributed by atoms with van der Waals surface area (Å²) in [5.41, 5.74) is 0.953. The number of carbonyl (C=O) groups is 2. The Kier molecular flexibility index (Phi) is 5.87. The minimum atomic E-state index is 0.0637. The van der Waals surface area contributed by atoms with E-state index in [0.29, 0.717) is 37.1 Å². The first-order valence-electron chi connectivity index (χ1n) is 7.93. The Morgan fingerprint density at radius 1 is 1.12 bits per heavy atom. The van der Waals surface area contributed by atoms with Crippen LogP contribution < -0.4 is 5.32 Å². The van der Waals surface area contributed by atoms with E-state index in [2.05, 4.69) is 15.5 Å². The third-order valence-electron chi connectivity index (χ3n) is 3.83. The highest BCUT2D eigenvalue weighted by Gasteiger charge is 2.22. The van der Waals surface area contributed by atoms with E-state index < -0.39 is 0 Å². The molecule has 2 heterocycles. The van der Waals surface area contributed by atoms with Crippen molar-refractivity contribution in [3.63, 3.8) is 0 Å². The molecule has 0 aliphatic carbocycles. The number of hydrogen-bond acceptors (Lipinski definition) is 7. The molecule has 1 aliphatic heterocycles. The number of nitrogens with zero attached hydrogens (tertiary/aromatic N) is 4. The smallest absolute Gasteiger partial charge is 0.233 e. The number of para-hydroxylation sites is 1. The number of nitrogens with one attached hydrogen (secondary N) is 1. The van der Waals surface area contributed by atoms with Crippen molar-refractivity contribution in [2.45, 2.75) is 11.3 Å². The van der Waals surface area contributed by atoms with Gasteiger partial charge in [-0.15, -0.1) is 10.2 Å². The van der Waals surface area contributed by atoms with Crippen LogP contribution >= 0.6 is 23.1 Å². The molecule has 0 bridgehead atoms. The van der Waals surface area contributed by atoms with Gasteiger partial charge in [-0.1, -0.05) is 41.3 Å². The quantitative estimate of drug-likeness (QED) is 0.804. The maximum Gasteiger partial charge on any atom is 0.233 e. The molecule has 1 aromatic heterocycles. The third-order valence-corrected chi connectivity index (χ3v) is 5.79. The molecule has 1 N–H and O–H groups in total. The van der Waals surface area contributed by atoms with Crippen molar-refractivity contribution in [1.29, 1.82) is 0 Å². The second-order valence-corrected chi connectivity index (χ2v) is 7.74. The van der Waals surface area contributed by atoms with Crippen molar-refractivity contribution >= 4 is 45.7 Å². The van der Waals surface area contributed by atoms with Gasteiger partial charge < -0.3 is 15.1 Å². The summed E-state index contributed by atoms with van der Waals surface area (Å²) in [4.78, 5) is 27.2. The zero-order valence-electron chi connectivity index (χ0n) is 13.8. The Hall–Kier alpha value is -2.13. The van der Waals surface area contributed by atoms with Crippen LogP contribution in [-0.4, -0.2) is 63.7 Å². The number of carbonyl (C=O) groups excluding carboxylic acids is 2. The molecule has 2 aromatic rings. The summed E-state index contributed by atoms with van der Waals surface area (Å²) < 4.78 is 0.758. The molecule has 1 aromatic carbocycles. The summed E-state index contributed by atoms with van der Waals surface area (Å²) in [7, 11) is 0. The van der Waals surface area contributed by atoms with Crippen molar-refractivity contribution < 1.29 is 9.59 Å². The van der Waals surface area contributed by atoms with Crippen LogP contribution in [0.4, 0.5) is 10.8 Å². The van der Waals surface area contributed by atoms with Gasteiger partial charge in [0.1, 0.15) is 0 Å². The van der Waals surface area contributed by atoms with Crippen LogP contribution in [-0.2, 0) is 9.59 Å². The zero-order chi connectivity index (χ0) is 17.6. The molecule has 1 aliphatic rings. The second kappa shape index (κ2) is 8.30. The fourth-order valence-electron chi connectivity index (χ4n) is 2.45. The van der Waals surface area contributed by atoms with Gasteiger partial charge >= 0.3 is 0 Å². The van der Waals surface area contributed by atoms with Crippen molar-refractivity contribution in [1.82, 2.24) is 20.0 Å². The lowest BCUT2D eigenvalue weighted by Crippen LogP contribution is -2.50. The van der Waals surface area contributed by atoms with E-state index in [1.807, 2.05) is 30.3 Å². The van der Waals surface area contributed by atoms with Crippen molar-refractivity contribution in [3.05, 3.63) is 30.3 Å². The summed E-state index contributed by atoms with van der Waals surface area (Å²) in [5.74, 6) is 0.467. The minimum Gasteiger partial charge on any atom is -0.339 e. The van der Waals surface area contributed by atoms with Gasteiger partial charge in [-0.3, -0.25) is 9.59 Å². The van der Waals surface area contributed by atoms with Gasteiger partial charge in [0, 0.05) is 38.8 Å². The van der Waals surface area contributed by atoms with Crippen molar-refractivity contribution in [2.75, 3.05) is 37.2 Å². The molecule has 2 amide bonds. The van der Waals surface area contributed by atoms with Gasteiger partial charge in [-0.25, -0.2) is 0 Å². The Balaban J connectivity index is 1.46. The molecule has 0 radical (unpaired) electrons. The molecule has 7 nitrogen and oxygen atoms in total. The molecule has 9 heteroatoms. The van der Waals surface area contributed by atoms with Crippen LogP contribution in [0.25, 0.3) is 0 Å². The summed E-state index contributed by atoms with van der Waals surface area (Å²) in [5, 5.41) is 12.1. The lowest BCUT2D eigenvalue weighted by molar-refractivity contribution is -0.136. The summed E-state index contributed by atoms with van der Waals surface area (Å²) in [6.07, 6.45) is 0. The van der Waals surface area contributed by atoms with Crippen molar-refractivity contribution in [3.8, 4) is 0 Å². The second-order valence-electron chi connectivity index (χ2n) is 5.54. The van der Waals surface area contributed by atoms with Gasteiger partial charge in [-0.2, -0.15) is 0 Å². The van der Waals surface area contributed by atoms with Gasteiger partial charge in [0.25, 0.3) is 0 Å². The Morgan fingerprint density at radius 3 is 2.48 bits per heavy atom. The van der Waals surface area contributed by atoms with Crippen LogP contribution in [0.5, 0.6) is 0 Å². The average molecular weight is 377 g/mol. The van der Waals surface area contributed by atoms with E-state index in [-0.39, 0.29) is 11.8 Å². The average Bonchev–Trinajstić information content (AvgIpc) is 3.08. The van der Waals surface area contributed by atoms with Crippen LogP contribution in [0, 0.1) is 0 Å². The Bertz CT molecular complexity index is 729. The molecule has 1 saturated heterocycles. The number of rotatable bonds is 5. The molecule has 0 saturated carbocycles. The normalized spacial score (nSPS) is 14.4. The lowest BCUT2D eigenvalue weighted by atomic mass is 10.3. The molecule has 0 atom stereocenters. The van der Waals surface area contributed by atoms with Crippen LogP contribution in [0.2, 0.25) is 0 Å². The maximum absolute atomic E-state index is 12.3. The minimum absolute atomic E-state index is 0.0637. The first-order chi connectivity index (χ1) is 12.1. The first-order valence-corrected chi connectivity index (χ1v) is 9.73.